The number of hydrogen-bond acceptors (Lipinski definition) is 0. The van der Waals surface area contributed by atoms with Crippen LogP contribution in [-0.4, -0.2) is 0 Å². The fraction of sp³-hybridized carbons (Fsp3) is 0. The maximum Gasteiger partial charge on any atom is 2.00 e. The summed E-state index contributed by atoms with van der Waals surface area (Å²) in [5, 5.41) is 0. The van der Waals surface area contributed by atoms with E-state index in [1.165, 1.54) is 11.1 Å². The Labute approximate surface area is 171 Å². The number of hydrogen-bond donors (Lipinski definition) is 0. The van der Waals surface area contributed by atoms with E-state index < -0.39 is 0 Å². The molecule has 0 saturated heterocycles. The van der Waals surface area contributed by atoms with Gasteiger partial charge in [0.05, 0.1) is 0 Å². The van der Waals surface area contributed by atoms with Crippen molar-refractivity contribution in [3.8, 4) is 0 Å². The molecule has 4 aromatic carbocycles. The maximum absolute atomic E-state index is 3.14. The standard InChI is InChI=1S/C13H10.2C5H5.2Fe/c1-2-7-12(6-1)10-5-11-13-8-3-4-9-13;2*1-2-4-5-3-1;;/h1-4,6-11H;2*1-5H;;/q-2;2*-1;2*+2. The predicted octanol–water partition coefficient (Wildman–Crippen LogP) is 6.26. The normalized spacial score (nSPS) is 8.00. The minimum atomic E-state index is 0. The third-order valence-electron chi connectivity index (χ3n) is 2.99. The van der Waals surface area contributed by atoms with Gasteiger partial charge < -0.3 is 0 Å². The van der Waals surface area contributed by atoms with Gasteiger partial charge in [-0.2, -0.15) is 83.9 Å². The van der Waals surface area contributed by atoms with Gasteiger partial charge in [-0.25, -0.2) is 30.0 Å². The molecule has 0 spiro atoms. The first kappa shape index (κ1) is 23.0. The zero-order chi connectivity index (χ0) is 16.0. The van der Waals surface area contributed by atoms with E-state index in [1.807, 2.05) is 97.1 Å². The molecule has 2 heteroatoms. The molecule has 0 fully saturated rings. The van der Waals surface area contributed by atoms with Gasteiger partial charge in [-0.1, -0.05) is 0 Å². The molecule has 0 N–H and O–H groups in total. The van der Waals surface area contributed by atoms with Crippen molar-refractivity contribution < 1.29 is 34.1 Å². The summed E-state index contributed by atoms with van der Waals surface area (Å²) in [6.07, 6.45) is 3.96. The third kappa shape index (κ3) is 11.2. The first-order valence-electron chi connectivity index (χ1n) is 7.64. The second-order valence-electron chi connectivity index (χ2n) is 4.82. The van der Waals surface area contributed by atoms with Crippen LogP contribution in [0.3, 0.4) is 0 Å². The topological polar surface area (TPSA) is 0 Å². The van der Waals surface area contributed by atoms with Gasteiger partial charge in [0.1, 0.15) is 0 Å². The van der Waals surface area contributed by atoms with Crippen LogP contribution in [0.15, 0.2) is 115 Å². The Balaban J connectivity index is 0.000000400. The van der Waals surface area contributed by atoms with Crippen LogP contribution in [-0.2, 0) is 34.1 Å². The van der Waals surface area contributed by atoms with Crippen molar-refractivity contribution in [1.82, 2.24) is 0 Å². The van der Waals surface area contributed by atoms with Crippen LogP contribution in [0.2, 0.25) is 0 Å². The molecule has 0 bridgehead atoms. The summed E-state index contributed by atoms with van der Waals surface area (Å²) in [6.45, 7) is 0. The van der Waals surface area contributed by atoms with Gasteiger partial charge in [0.2, 0.25) is 0 Å². The number of rotatable bonds is 2. The minimum Gasteiger partial charge on any atom is -0.222 e. The summed E-state index contributed by atoms with van der Waals surface area (Å²) in [4.78, 5) is 0. The summed E-state index contributed by atoms with van der Waals surface area (Å²) < 4.78 is 0. The van der Waals surface area contributed by atoms with Gasteiger partial charge in [0, 0.05) is 0 Å². The maximum atomic E-state index is 3.14. The zero-order valence-electron chi connectivity index (χ0n) is 13.8. The molecule has 25 heavy (non-hydrogen) atoms. The Bertz CT molecular complexity index is 635. The van der Waals surface area contributed by atoms with Crippen LogP contribution in [0.5, 0.6) is 0 Å². The van der Waals surface area contributed by atoms with Crippen molar-refractivity contribution in [3.63, 3.8) is 0 Å². The SMILES string of the molecule is C(=Cc1ccc[cH-]1)=Cc1ccc[cH-]1.[Fe+2].[Fe+2].c1cc[cH-]c1.c1cc[cH-]c1. The van der Waals surface area contributed by atoms with E-state index >= 15 is 0 Å². The van der Waals surface area contributed by atoms with E-state index in [0.29, 0.717) is 0 Å². The summed E-state index contributed by atoms with van der Waals surface area (Å²) in [5.74, 6) is 0. The van der Waals surface area contributed by atoms with Gasteiger partial charge in [-0.15, -0.1) is 24.3 Å². The fourth-order valence-corrected chi connectivity index (χ4v) is 1.85. The summed E-state index contributed by atoms with van der Waals surface area (Å²) >= 11 is 0. The van der Waals surface area contributed by atoms with Crippen molar-refractivity contribution in [2.75, 3.05) is 0 Å². The van der Waals surface area contributed by atoms with Gasteiger partial charge in [-0.3, -0.25) is 0 Å². The largest absolute Gasteiger partial charge is 2.00 e. The van der Waals surface area contributed by atoms with Gasteiger partial charge in [0.25, 0.3) is 0 Å². The van der Waals surface area contributed by atoms with Crippen LogP contribution < -0.4 is 0 Å². The Hall–Kier alpha value is -2.04. The van der Waals surface area contributed by atoms with Crippen LogP contribution in [0.25, 0.3) is 12.2 Å². The predicted molar refractivity (Wildman–Crippen MR) is 101 cm³/mol. The molecular formula is C23H20Fe2. The second-order valence-corrected chi connectivity index (χ2v) is 4.82. The molecule has 4 rings (SSSR count). The van der Waals surface area contributed by atoms with Crippen molar-refractivity contribution in [1.29, 1.82) is 0 Å². The summed E-state index contributed by atoms with van der Waals surface area (Å²) in [7, 11) is 0. The van der Waals surface area contributed by atoms with Crippen LogP contribution in [0, 0.1) is 0 Å². The average Bonchev–Trinajstić information content (AvgIpc) is 3.39. The van der Waals surface area contributed by atoms with E-state index in [4.69, 9.17) is 0 Å². The van der Waals surface area contributed by atoms with E-state index in [0.717, 1.165) is 0 Å². The van der Waals surface area contributed by atoms with E-state index in [-0.39, 0.29) is 34.1 Å². The molecule has 0 aliphatic heterocycles. The van der Waals surface area contributed by atoms with E-state index in [9.17, 15) is 0 Å². The molecule has 0 heterocycles. The summed E-state index contributed by atoms with van der Waals surface area (Å²) in [5.41, 5.74) is 5.53. The molecule has 0 aromatic heterocycles. The Kier molecular flexibility index (Phi) is 14.2. The Morgan fingerprint density at radius 3 is 1.20 bits per heavy atom. The Morgan fingerprint density at radius 1 is 0.560 bits per heavy atom. The fourth-order valence-electron chi connectivity index (χ4n) is 1.85. The molecule has 0 nitrogen and oxygen atoms in total. The van der Waals surface area contributed by atoms with Crippen LogP contribution in [0.4, 0.5) is 0 Å². The first-order chi connectivity index (χ1) is 11.4. The van der Waals surface area contributed by atoms with Crippen LogP contribution >= 0.6 is 0 Å². The van der Waals surface area contributed by atoms with Crippen molar-refractivity contribution >= 4 is 12.2 Å². The van der Waals surface area contributed by atoms with Crippen molar-refractivity contribution in [2.45, 2.75) is 0 Å². The van der Waals surface area contributed by atoms with Gasteiger partial charge in [0.15, 0.2) is 0 Å². The quantitative estimate of drug-likeness (QED) is 0.209. The molecule has 0 radical (unpaired) electrons. The summed E-state index contributed by atoms with van der Waals surface area (Å²) in [6, 6.07) is 36.3. The smallest absolute Gasteiger partial charge is 0.222 e. The molecule has 0 aliphatic carbocycles. The molecule has 0 atom stereocenters. The van der Waals surface area contributed by atoms with Crippen molar-refractivity contribution in [3.05, 3.63) is 126 Å². The molecule has 128 valence electrons. The van der Waals surface area contributed by atoms with Crippen LogP contribution in [0.1, 0.15) is 11.1 Å². The second kappa shape index (κ2) is 15.5. The third-order valence-corrected chi connectivity index (χ3v) is 2.99. The monoisotopic (exact) mass is 408 g/mol. The molecule has 4 aromatic rings. The molecular weight excluding hydrogens is 388 g/mol. The molecule has 0 amide bonds. The molecule has 0 unspecified atom stereocenters. The Morgan fingerprint density at radius 2 is 0.960 bits per heavy atom. The zero-order valence-corrected chi connectivity index (χ0v) is 16.0. The van der Waals surface area contributed by atoms with Crippen molar-refractivity contribution in [2.24, 2.45) is 0 Å². The van der Waals surface area contributed by atoms with Gasteiger partial charge in [-0.05, 0) is 0 Å². The molecule has 0 saturated carbocycles. The van der Waals surface area contributed by atoms with E-state index in [1.54, 1.807) is 0 Å². The first-order valence-corrected chi connectivity index (χ1v) is 7.64. The average molecular weight is 408 g/mol. The van der Waals surface area contributed by atoms with Gasteiger partial charge >= 0.3 is 34.1 Å². The minimum absolute atomic E-state index is 0. The van der Waals surface area contributed by atoms with E-state index in [2.05, 4.69) is 30.0 Å². The molecule has 0 aliphatic rings.